The van der Waals surface area contributed by atoms with Crippen molar-refractivity contribution in [1.29, 1.82) is 0 Å². The summed E-state index contributed by atoms with van der Waals surface area (Å²) in [6.45, 7) is 0. The lowest BCUT2D eigenvalue weighted by Gasteiger charge is -2.12. The highest BCUT2D eigenvalue weighted by molar-refractivity contribution is 7.92. The van der Waals surface area contributed by atoms with E-state index in [4.69, 9.17) is 0 Å². The third kappa shape index (κ3) is 3.05. The minimum atomic E-state index is -3.38. The second-order valence-electron chi connectivity index (χ2n) is 5.21. The molecule has 20 heavy (non-hydrogen) atoms. The van der Waals surface area contributed by atoms with Crippen molar-refractivity contribution in [1.82, 2.24) is 5.32 Å². The number of sulfone groups is 2. The number of hydrogen-bond acceptors (Lipinski definition) is 5. The van der Waals surface area contributed by atoms with Crippen LogP contribution in [-0.2, 0) is 19.7 Å². The van der Waals surface area contributed by atoms with E-state index in [1.807, 2.05) is 7.05 Å². The molecular formula is C13H19NO4S2. The van der Waals surface area contributed by atoms with Crippen LogP contribution in [0.4, 0.5) is 0 Å². The summed E-state index contributed by atoms with van der Waals surface area (Å²) in [6.07, 6.45) is 3.20. The van der Waals surface area contributed by atoms with E-state index in [9.17, 15) is 16.8 Å². The molecule has 1 aromatic rings. The van der Waals surface area contributed by atoms with Crippen LogP contribution in [0.5, 0.6) is 0 Å². The highest BCUT2D eigenvalue weighted by Gasteiger charge is 2.34. The van der Waals surface area contributed by atoms with Crippen LogP contribution >= 0.6 is 0 Å². The van der Waals surface area contributed by atoms with Gasteiger partial charge in [0.25, 0.3) is 0 Å². The predicted octanol–water partition coefficient (Wildman–Crippen LogP) is 1.00. The summed E-state index contributed by atoms with van der Waals surface area (Å²) in [5.74, 6) is 0. The van der Waals surface area contributed by atoms with E-state index in [-0.39, 0.29) is 21.1 Å². The zero-order valence-corrected chi connectivity index (χ0v) is 13.2. The van der Waals surface area contributed by atoms with E-state index in [1.54, 1.807) is 0 Å². The Morgan fingerprint density at radius 2 is 1.55 bits per heavy atom. The molecule has 1 fully saturated rings. The van der Waals surface area contributed by atoms with Crippen molar-refractivity contribution in [3.63, 3.8) is 0 Å². The Morgan fingerprint density at radius 1 is 1.00 bits per heavy atom. The highest BCUT2D eigenvalue weighted by Crippen LogP contribution is 2.30. The maximum absolute atomic E-state index is 12.5. The Hall–Kier alpha value is -0.920. The largest absolute Gasteiger partial charge is 0.317 e. The quantitative estimate of drug-likeness (QED) is 0.896. The van der Waals surface area contributed by atoms with E-state index < -0.39 is 19.7 Å². The van der Waals surface area contributed by atoms with Crippen molar-refractivity contribution < 1.29 is 16.8 Å². The van der Waals surface area contributed by atoms with Gasteiger partial charge < -0.3 is 5.32 Å². The lowest BCUT2D eigenvalue weighted by Crippen LogP contribution is -2.25. The first-order valence-electron chi connectivity index (χ1n) is 6.46. The number of nitrogens with one attached hydrogen (secondary N) is 1. The Balaban J connectivity index is 2.27. The fraction of sp³-hybridized carbons (Fsp3) is 0.538. The topological polar surface area (TPSA) is 80.3 Å². The predicted molar refractivity (Wildman–Crippen MR) is 77.2 cm³/mol. The van der Waals surface area contributed by atoms with E-state index in [0.717, 1.165) is 12.7 Å². The number of hydrogen-bond donors (Lipinski definition) is 1. The Kier molecular flexibility index (Phi) is 4.22. The van der Waals surface area contributed by atoms with Crippen molar-refractivity contribution in [2.75, 3.05) is 13.3 Å². The molecule has 0 heterocycles. The molecule has 0 aliphatic heterocycles. The summed E-state index contributed by atoms with van der Waals surface area (Å²) < 4.78 is 47.7. The molecule has 1 aliphatic rings. The van der Waals surface area contributed by atoms with Gasteiger partial charge in [-0.1, -0.05) is 0 Å². The minimum Gasteiger partial charge on any atom is -0.317 e. The zero-order chi connectivity index (χ0) is 15.0. The fourth-order valence-electron chi connectivity index (χ4n) is 2.55. The van der Waals surface area contributed by atoms with Gasteiger partial charge in [-0.15, -0.1) is 0 Å². The summed E-state index contributed by atoms with van der Waals surface area (Å²) in [7, 11) is -4.85. The number of rotatable bonds is 4. The van der Waals surface area contributed by atoms with Gasteiger partial charge >= 0.3 is 0 Å². The second kappa shape index (κ2) is 5.46. The van der Waals surface area contributed by atoms with Crippen LogP contribution in [0.15, 0.2) is 34.1 Å². The van der Waals surface area contributed by atoms with E-state index in [2.05, 4.69) is 5.32 Å². The van der Waals surface area contributed by atoms with Crippen molar-refractivity contribution in [3.05, 3.63) is 24.3 Å². The summed E-state index contributed by atoms with van der Waals surface area (Å²) in [4.78, 5) is 0.336. The first-order valence-corrected chi connectivity index (χ1v) is 9.90. The van der Waals surface area contributed by atoms with Gasteiger partial charge in [0.05, 0.1) is 15.0 Å². The maximum Gasteiger partial charge on any atom is 0.181 e. The molecule has 0 bridgehead atoms. The molecule has 7 heteroatoms. The molecule has 0 saturated heterocycles. The van der Waals surface area contributed by atoms with Crippen LogP contribution in [0.2, 0.25) is 0 Å². The minimum absolute atomic E-state index is 0.135. The van der Waals surface area contributed by atoms with Gasteiger partial charge in [-0.3, -0.25) is 0 Å². The van der Waals surface area contributed by atoms with Gasteiger partial charge in [-0.2, -0.15) is 0 Å². The Bertz CT molecular complexity index is 678. The molecule has 0 aromatic heterocycles. The van der Waals surface area contributed by atoms with Crippen molar-refractivity contribution in [2.24, 2.45) is 0 Å². The van der Waals surface area contributed by atoms with Crippen LogP contribution in [0.1, 0.15) is 19.3 Å². The van der Waals surface area contributed by atoms with E-state index in [0.29, 0.717) is 12.8 Å². The molecule has 0 spiro atoms. The van der Waals surface area contributed by atoms with Gasteiger partial charge in [0.15, 0.2) is 19.7 Å². The lowest BCUT2D eigenvalue weighted by atomic mass is 10.3. The van der Waals surface area contributed by atoms with Crippen LogP contribution < -0.4 is 5.32 Å². The molecule has 1 saturated carbocycles. The van der Waals surface area contributed by atoms with Crippen LogP contribution in [0, 0.1) is 0 Å². The van der Waals surface area contributed by atoms with Crippen molar-refractivity contribution >= 4 is 19.7 Å². The molecule has 1 N–H and O–H groups in total. The van der Waals surface area contributed by atoms with Crippen molar-refractivity contribution in [3.8, 4) is 0 Å². The first-order chi connectivity index (χ1) is 9.25. The monoisotopic (exact) mass is 317 g/mol. The number of benzene rings is 1. The third-order valence-electron chi connectivity index (χ3n) is 3.81. The molecular weight excluding hydrogens is 298 g/mol. The molecule has 2 rings (SSSR count). The van der Waals surface area contributed by atoms with Gasteiger partial charge in [0.2, 0.25) is 0 Å². The molecule has 2 atom stereocenters. The normalized spacial score (nSPS) is 23.9. The SMILES string of the molecule is CNC1CCC(S(=O)(=O)c2ccc(S(C)(=O)=O)cc2)C1. The average molecular weight is 317 g/mol. The Morgan fingerprint density at radius 3 is 2.00 bits per heavy atom. The van der Waals surface area contributed by atoms with Gasteiger partial charge in [-0.05, 0) is 50.6 Å². The summed E-state index contributed by atoms with van der Waals surface area (Å²) in [5, 5.41) is 2.72. The van der Waals surface area contributed by atoms with Gasteiger partial charge in [0, 0.05) is 12.3 Å². The summed E-state index contributed by atoms with van der Waals surface area (Å²) in [5.41, 5.74) is 0. The molecule has 0 radical (unpaired) electrons. The van der Waals surface area contributed by atoms with E-state index in [1.165, 1.54) is 24.3 Å². The average Bonchev–Trinajstić information content (AvgIpc) is 2.87. The molecule has 0 amide bonds. The van der Waals surface area contributed by atoms with Crippen molar-refractivity contribution in [2.45, 2.75) is 40.3 Å². The van der Waals surface area contributed by atoms with Gasteiger partial charge in [0.1, 0.15) is 0 Å². The molecule has 112 valence electrons. The Labute approximate surface area is 120 Å². The first kappa shape index (κ1) is 15.5. The summed E-state index contributed by atoms with van der Waals surface area (Å²) >= 11 is 0. The maximum atomic E-state index is 12.5. The second-order valence-corrected chi connectivity index (χ2v) is 9.45. The van der Waals surface area contributed by atoms with Crippen LogP contribution in [0.25, 0.3) is 0 Å². The molecule has 1 aliphatic carbocycles. The lowest BCUT2D eigenvalue weighted by molar-refractivity contribution is 0.564. The highest BCUT2D eigenvalue weighted by atomic mass is 32.2. The zero-order valence-electron chi connectivity index (χ0n) is 11.5. The van der Waals surface area contributed by atoms with E-state index >= 15 is 0 Å². The summed E-state index contributed by atoms with van der Waals surface area (Å²) in [6, 6.07) is 5.72. The fourth-order valence-corrected chi connectivity index (χ4v) is 5.02. The molecule has 5 nitrogen and oxygen atoms in total. The van der Waals surface area contributed by atoms with Gasteiger partial charge in [-0.25, -0.2) is 16.8 Å². The third-order valence-corrected chi connectivity index (χ3v) is 7.18. The standard InChI is InChI=1S/C13H19NO4S2/c1-14-10-3-4-13(9-10)20(17,18)12-7-5-11(6-8-12)19(2,15)16/h5-8,10,13-14H,3-4,9H2,1-2H3. The molecule has 1 aromatic carbocycles. The van der Waals surface area contributed by atoms with Crippen LogP contribution in [0.3, 0.4) is 0 Å². The van der Waals surface area contributed by atoms with Crippen LogP contribution in [-0.4, -0.2) is 41.4 Å². The molecule has 2 unspecified atom stereocenters. The smallest absolute Gasteiger partial charge is 0.181 e.